The second-order valence-corrected chi connectivity index (χ2v) is 12.1. The van der Waals surface area contributed by atoms with Gasteiger partial charge in [-0.15, -0.1) is 0 Å². The first-order valence-corrected chi connectivity index (χ1v) is 16.4. The minimum Gasteiger partial charge on any atom is -0.453 e. The lowest BCUT2D eigenvalue weighted by Gasteiger charge is -2.26. The van der Waals surface area contributed by atoms with Crippen molar-refractivity contribution >= 4 is 49.8 Å². The van der Waals surface area contributed by atoms with Crippen molar-refractivity contribution < 1.29 is 4.42 Å². The zero-order valence-corrected chi connectivity index (χ0v) is 26.3. The van der Waals surface area contributed by atoms with Crippen LogP contribution in [0.2, 0.25) is 0 Å². The Kier molecular flexibility index (Phi) is 6.84. The topological polar surface area (TPSA) is 16.4 Å². The summed E-state index contributed by atoms with van der Waals surface area (Å²) in [7, 11) is 0. The Bertz CT molecular complexity index is 2430. The average molecular weight is 614 g/mol. The van der Waals surface area contributed by atoms with Gasteiger partial charge in [0.25, 0.3) is 0 Å². The number of fused-ring (bicyclic) bond motifs is 5. The predicted octanol–water partition coefficient (Wildman–Crippen LogP) is 13.2. The van der Waals surface area contributed by atoms with E-state index >= 15 is 0 Å². The van der Waals surface area contributed by atoms with E-state index < -0.39 is 0 Å². The Labute approximate surface area is 279 Å². The van der Waals surface area contributed by atoms with Gasteiger partial charge in [-0.1, -0.05) is 152 Å². The molecule has 0 aliphatic heterocycles. The highest BCUT2D eigenvalue weighted by Crippen LogP contribution is 2.46. The van der Waals surface area contributed by atoms with Crippen LogP contribution in [-0.2, 0) is 0 Å². The van der Waals surface area contributed by atoms with Crippen molar-refractivity contribution in [2.45, 2.75) is 0 Å². The molecule has 0 saturated heterocycles. The number of hydrogen-bond acceptors (Lipinski definition) is 2. The van der Waals surface area contributed by atoms with E-state index in [2.05, 4.69) is 193 Å². The van der Waals surface area contributed by atoms with E-state index in [0.29, 0.717) is 0 Å². The summed E-state index contributed by atoms with van der Waals surface area (Å²) in [6.45, 7) is 0. The highest BCUT2D eigenvalue weighted by molar-refractivity contribution is 6.23. The Balaban J connectivity index is 1.28. The van der Waals surface area contributed by atoms with E-state index in [1.807, 2.05) is 0 Å². The quantitative estimate of drug-likeness (QED) is 0.185. The molecule has 0 aliphatic carbocycles. The van der Waals surface area contributed by atoms with Crippen LogP contribution in [0.15, 0.2) is 192 Å². The molecule has 1 heterocycles. The fourth-order valence-corrected chi connectivity index (χ4v) is 6.93. The molecule has 0 aliphatic rings. The van der Waals surface area contributed by atoms with Crippen LogP contribution < -0.4 is 4.90 Å². The van der Waals surface area contributed by atoms with Crippen LogP contribution in [0.1, 0.15) is 0 Å². The zero-order chi connectivity index (χ0) is 31.9. The lowest BCUT2D eigenvalue weighted by atomic mass is 9.95. The van der Waals surface area contributed by atoms with E-state index in [4.69, 9.17) is 4.42 Å². The monoisotopic (exact) mass is 613 g/mol. The molecule has 0 unspecified atom stereocenters. The first-order chi connectivity index (χ1) is 23.8. The summed E-state index contributed by atoms with van der Waals surface area (Å²) in [5, 5.41) is 4.50. The molecule has 48 heavy (non-hydrogen) atoms. The molecular formula is C46H31NO. The number of anilines is 3. The summed E-state index contributed by atoms with van der Waals surface area (Å²) in [5.74, 6) is 0. The van der Waals surface area contributed by atoms with Crippen LogP contribution in [0.4, 0.5) is 17.1 Å². The molecule has 226 valence electrons. The molecule has 0 saturated carbocycles. The first-order valence-electron chi connectivity index (χ1n) is 16.4. The Morgan fingerprint density at radius 1 is 0.354 bits per heavy atom. The van der Waals surface area contributed by atoms with Gasteiger partial charge in [-0.2, -0.15) is 0 Å². The van der Waals surface area contributed by atoms with Crippen molar-refractivity contribution in [3.63, 3.8) is 0 Å². The van der Waals surface area contributed by atoms with Gasteiger partial charge in [0.15, 0.2) is 5.58 Å². The van der Waals surface area contributed by atoms with Crippen LogP contribution in [0.25, 0.3) is 66.1 Å². The van der Waals surface area contributed by atoms with Gasteiger partial charge in [0.2, 0.25) is 0 Å². The molecule has 8 aromatic carbocycles. The van der Waals surface area contributed by atoms with Gasteiger partial charge in [0.1, 0.15) is 5.58 Å². The number of nitrogens with zero attached hydrogens (tertiary/aromatic N) is 1. The summed E-state index contributed by atoms with van der Waals surface area (Å²) in [6.07, 6.45) is 0. The van der Waals surface area contributed by atoms with Crippen LogP contribution in [0.5, 0.6) is 0 Å². The third kappa shape index (κ3) is 4.83. The highest BCUT2D eigenvalue weighted by Gasteiger charge is 2.22. The minimum atomic E-state index is 0.861. The van der Waals surface area contributed by atoms with Gasteiger partial charge in [0, 0.05) is 27.5 Å². The van der Waals surface area contributed by atoms with E-state index in [0.717, 1.165) is 49.8 Å². The van der Waals surface area contributed by atoms with Crippen molar-refractivity contribution in [1.29, 1.82) is 0 Å². The van der Waals surface area contributed by atoms with Crippen molar-refractivity contribution in [2.24, 2.45) is 0 Å². The maximum absolute atomic E-state index is 7.03. The van der Waals surface area contributed by atoms with E-state index in [1.165, 1.54) is 33.4 Å². The molecular weight excluding hydrogens is 583 g/mol. The van der Waals surface area contributed by atoms with Gasteiger partial charge in [-0.3, -0.25) is 0 Å². The van der Waals surface area contributed by atoms with E-state index in [1.54, 1.807) is 0 Å². The van der Waals surface area contributed by atoms with Gasteiger partial charge in [-0.05, 0) is 75.2 Å². The molecule has 0 amide bonds. The third-order valence-corrected chi connectivity index (χ3v) is 9.26. The molecule has 9 aromatic rings. The highest BCUT2D eigenvalue weighted by atomic mass is 16.3. The smallest absolute Gasteiger partial charge is 0.159 e. The second-order valence-electron chi connectivity index (χ2n) is 12.1. The number of para-hydroxylation sites is 1. The largest absolute Gasteiger partial charge is 0.453 e. The maximum atomic E-state index is 7.03. The molecule has 1 aromatic heterocycles. The Morgan fingerprint density at radius 2 is 0.833 bits per heavy atom. The fourth-order valence-electron chi connectivity index (χ4n) is 6.93. The number of benzene rings is 8. The van der Waals surface area contributed by atoms with Crippen molar-refractivity contribution in [2.75, 3.05) is 4.90 Å². The predicted molar refractivity (Wildman–Crippen MR) is 202 cm³/mol. The Morgan fingerprint density at radius 3 is 1.42 bits per heavy atom. The van der Waals surface area contributed by atoms with Gasteiger partial charge in [0.05, 0.1) is 5.69 Å². The third-order valence-electron chi connectivity index (χ3n) is 9.26. The summed E-state index contributed by atoms with van der Waals surface area (Å²) in [5.41, 5.74) is 12.0. The fraction of sp³-hybridized carbons (Fsp3) is 0. The molecule has 0 atom stereocenters. The zero-order valence-electron chi connectivity index (χ0n) is 26.3. The van der Waals surface area contributed by atoms with Crippen molar-refractivity contribution in [3.8, 4) is 33.4 Å². The van der Waals surface area contributed by atoms with Gasteiger partial charge >= 0.3 is 0 Å². The molecule has 9 rings (SSSR count). The van der Waals surface area contributed by atoms with Gasteiger partial charge in [-0.25, -0.2) is 0 Å². The van der Waals surface area contributed by atoms with Crippen molar-refractivity contribution in [1.82, 2.24) is 0 Å². The van der Waals surface area contributed by atoms with Crippen molar-refractivity contribution in [3.05, 3.63) is 188 Å². The summed E-state index contributed by atoms with van der Waals surface area (Å²) in [6, 6.07) is 66.7. The first kappa shape index (κ1) is 27.9. The number of furan rings is 1. The maximum Gasteiger partial charge on any atom is 0.159 e. The number of rotatable bonds is 6. The second kappa shape index (κ2) is 11.8. The lowest BCUT2D eigenvalue weighted by Crippen LogP contribution is -2.10. The van der Waals surface area contributed by atoms with Crippen LogP contribution >= 0.6 is 0 Å². The molecule has 2 heteroatoms. The van der Waals surface area contributed by atoms with Gasteiger partial charge < -0.3 is 9.32 Å². The average Bonchev–Trinajstić information content (AvgIpc) is 3.57. The number of hydrogen-bond donors (Lipinski definition) is 0. The van der Waals surface area contributed by atoms with E-state index in [-0.39, 0.29) is 0 Å². The molecule has 0 radical (unpaired) electrons. The molecule has 0 fully saturated rings. The van der Waals surface area contributed by atoms with E-state index in [9.17, 15) is 0 Å². The molecule has 0 N–H and O–H groups in total. The standard InChI is InChI=1S/C46H31NO/c1-4-13-32(14-5-1)34-23-27-38(28-24-34)47(39-29-25-35(26-30-39)33-15-6-2-7-16-33)43-22-12-21-41-44-42(36-17-8-3-9-18-36)31-37-19-10-11-20-40(37)46(44)48-45(41)43/h1-31H. The lowest BCUT2D eigenvalue weighted by molar-refractivity contribution is 0.673. The minimum absolute atomic E-state index is 0.861. The van der Waals surface area contributed by atoms with Crippen LogP contribution in [-0.4, -0.2) is 0 Å². The van der Waals surface area contributed by atoms with Crippen LogP contribution in [0.3, 0.4) is 0 Å². The normalized spacial score (nSPS) is 11.3. The molecule has 0 spiro atoms. The SMILES string of the molecule is c1ccc(-c2ccc(N(c3ccc(-c4ccccc4)cc3)c3cccc4c3oc3c5ccccc5cc(-c5ccccc5)c43)cc2)cc1. The summed E-state index contributed by atoms with van der Waals surface area (Å²) >= 11 is 0. The Hall–Kier alpha value is -6.38. The molecule has 0 bridgehead atoms. The summed E-state index contributed by atoms with van der Waals surface area (Å²) in [4.78, 5) is 2.32. The summed E-state index contributed by atoms with van der Waals surface area (Å²) < 4.78 is 7.03. The van der Waals surface area contributed by atoms with Crippen LogP contribution in [0, 0.1) is 0 Å². The molecule has 2 nitrogen and oxygen atoms in total.